The van der Waals surface area contributed by atoms with Gasteiger partial charge in [-0.1, -0.05) is 24.3 Å². The van der Waals surface area contributed by atoms with E-state index in [-0.39, 0.29) is 17.6 Å². The minimum absolute atomic E-state index is 0.0685. The second-order valence-electron chi connectivity index (χ2n) is 7.87. The lowest BCUT2D eigenvalue weighted by Crippen LogP contribution is -2.36. The zero-order chi connectivity index (χ0) is 20.9. The molecule has 7 heteroatoms. The van der Waals surface area contributed by atoms with Crippen LogP contribution < -0.4 is 15.4 Å². The van der Waals surface area contributed by atoms with Crippen molar-refractivity contribution >= 4 is 17.6 Å². The van der Waals surface area contributed by atoms with Gasteiger partial charge in [-0.15, -0.1) is 0 Å². The zero-order valence-electron chi connectivity index (χ0n) is 16.8. The molecule has 0 unspecified atom stereocenters. The number of hydrogen-bond donors (Lipinski definition) is 2. The number of benzene rings is 2. The van der Waals surface area contributed by atoms with Gasteiger partial charge in [-0.2, -0.15) is 0 Å². The van der Waals surface area contributed by atoms with E-state index >= 15 is 0 Å². The molecular weight excluding hydrogens is 385 g/mol. The summed E-state index contributed by atoms with van der Waals surface area (Å²) in [6, 6.07) is 11.6. The predicted molar refractivity (Wildman–Crippen MR) is 112 cm³/mol. The second kappa shape index (κ2) is 9.15. The van der Waals surface area contributed by atoms with E-state index in [1.54, 1.807) is 17.0 Å². The molecule has 1 aliphatic carbocycles. The lowest BCUT2D eigenvalue weighted by atomic mass is 10.0. The van der Waals surface area contributed by atoms with Gasteiger partial charge in [0.15, 0.2) is 0 Å². The fourth-order valence-electron chi connectivity index (χ4n) is 3.46. The molecule has 158 valence electrons. The number of fused-ring (bicyclic) bond motifs is 1. The minimum Gasteiger partial charge on any atom is -0.491 e. The number of amides is 3. The summed E-state index contributed by atoms with van der Waals surface area (Å²) in [7, 11) is 0. The van der Waals surface area contributed by atoms with E-state index in [9.17, 15) is 14.0 Å². The van der Waals surface area contributed by atoms with Crippen molar-refractivity contribution in [1.82, 2.24) is 10.2 Å². The monoisotopic (exact) mass is 411 g/mol. The number of hydrogen-bond acceptors (Lipinski definition) is 3. The number of urea groups is 1. The van der Waals surface area contributed by atoms with Crippen molar-refractivity contribution in [3.05, 3.63) is 59.4 Å². The highest BCUT2D eigenvalue weighted by atomic mass is 19.1. The number of carbonyl (C=O) groups excluding carboxylic acids is 2. The largest absolute Gasteiger partial charge is 0.491 e. The van der Waals surface area contributed by atoms with Gasteiger partial charge in [-0.05, 0) is 48.9 Å². The Kier molecular flexibility index (Phi) is 6.16. The summed E-state index contributed by atoms with van der Waals surface area (Å²) in [6.45, 7) is 1.90. The molecule has 2 aromatic rings. The predicted octanol–water partition coefficient (Wildman–Crippen LogP) is 3.71. The first-order valence-corrected chi connectivity index (χ1v) is 10.4. The fourth-order valence-corrected chi connectivity index (χ4v) is 3.46. The van der Waals surface area contributed by atoms with E-state index in [2.05, 4.69) is 10.6 Å². The van der Waals surface area contributed by atoms with Crippen molar-refractivity contribution in [2.24, 2.45) is 5.92 Å². The van der Waals surface area contributed by atoms with Crippen molar-refractivity contribution in [2.75, 3.05) is 25.0 Å². The lowest BCUT2D eigenvalue weighted by Gasteiger charge is -2.20. The van der Waals surface area contributed by atoms with Crippen LogP contribution in [0.1, 0.15) is 30.4 Å². The Balaban J connectivity index is 1.37. The molecule has 0 saturated heterocycles. The van der Waals surface area contributed by atoms with Gasteiger partial charge in [0.25, 0.3) is 0 Å². The molecule has 4 rings (SSSR count). The molecule has 1 aliphatic heterocycles. The third-order valence-electron chi connectivity index (χ3n) is 5.43. The van der Waals surface area contributed by atoms with Gasteiger partial charge in [0.2, 0.25) is 5.91 Å². The zero-order valence-corrected chi connectivity index (χ0v) is 16.8. The van der Waals surface area contributed by atoms with Crippen LogP contribution in [0.5, 0.6) is 5.75 Å². The average Bonchev–Trinajstić information content (AvgIpc) is 3.58. The fraction of sp³-hybridized carbons (Fsp3) is 0.391. The van der Waals surface area contributed by atoms with E-state index in [0.717, 1.165) is 23.4 Å². The van der Waals surface area contributed by atoms with E-state index in [4.69, 9.17) is 4.74 Å². The first kappa shape index (κ1) is 20.2. The van der Waals surface area contributed by atoms with Gasteiger partial charge in [0.05, 0.1) is 18.8 Å². The molecule has 6 nitrogen and oxygen atoms in total. The molecule has 30 heavy (non-hydrogen) atoms. The number of aryl methyl sites for hydroxylation is 1. The second-order valence-corrected chi connectivity index (χ2v) is 7.87. The summed E-state index contributed by atoms with van der Waals surface area (Å²) in [5, 5.41) is 5.61. The van der Waals surface area contributed by atoms with Gasteiger partial charge in [0, 0.05) is 18.5 Å². The minimum atomic E-state index is -0.473. The number of rotatable bonds is 6. The van der Waals surface area contributed by atoms with Gasteiger partial charge in [0.1, 0.15) is 18.2 Å². The molecule has 2 aromatic carbocycles. The molecule has 1 saturated carbocycles. The summed E-state index contributed by atoms with van der Waals surface area (Å²) in [6.07, 6.45) is 3.49. The quantitative estimate of drug-likeness (QED) is 0.761. The summed E-state index contributed by atoms with van der Waals surface area (Å²) in [4.78, 5) is 26.3. The molecule has 3 amide bonds. The van der Waals surface area contributed by atoms with Crippen molar-refractivity contribution in [1.29, 1.82) is 0 Å². The van der Waals surface area contributed by atoms with Gasteiger partial charge >= 0.3 is 6.03 Å². The van der Waals surface area contributed by atoms with Gasteiger partial charge in [-0.3, -0.25) is 4.79 Å². The van der Waals surface area contributed by atoms with E-state index in [0.29, 0.717) is 38.5 Å². The highest BCUT2D eigenvalue weighted by Gasteiger charge is 2.22. The standard InChI is InChI=1S/C23H26FN3O3/c24-19-3-1-2-4-20(19)26-23(29)27-11-12-30-21-9-7-16(13-18(21)15-27)8-10-22(28)25-14-17-5-6-17/h1-4,7,9,13,17H,5-6,8,10-12,14-15H2,(H,25,28)(H,26,29). The van der Waals surface area contributed by atoms with Crippen LogP contribution in [0.25, 0.3) is 0 Å². The van der Waals surface area contributed by atoms with Crippen molar-refractivity contribution in [3.8, 4) is 5.75 Å². The summed E-state index contributed by atoms with van der Waals surface area (Å²) < 4.78 is 19.6. The Hall–Kier alpha value is -3.09. The SMILES string of the molecule is O=C(CCc1ccc2c(c1)CN(C(=O)Nc1ccccc1F)CCO2)NCC1CC1. The Morgan fingerprint density at radius 2 is 2.00 bits per heavy atom. The van der Waals surface area contributed by atoms with Crippen molar-refractivity contribution in [2.45, 2.75) is 32.2 Å². The first-order valence-electron chi connectivity index (χ1n) is 10.4. The molecule has 2 N–H and O–H groups in total. The summed E-state index contributed by atoms with van der Waals surface area (Å²) >= 11 is 0. The number of ether oxygens (including phenoxy) is 1. The molecule has 1 fully saturated rings. The van der Waals surface area contributed by atoms with Crippen LogP contribution in [0.15, 0.2) is 42.5 Å². The first-order chi connectivity index (χ1) is 14.6. The number of nitrogens with zero attached hydrogens (tertiary/aromatic N) is 1. The Bertz CT molecular complexity index is 930. The molecule has 0 spiro atoms. The molecule has 0 bridgehead atoms. The molecule has 0 aromatic heterocycles. The van der Waals surface area contributed by atoms with E-state index < -0.39 is 5.82 Å². The maximum atomic E-state index is 13.9. The van der Waals surface area contributed by atoms with Crippen molar-refractivity contribution < 1.29 is 18.7 Å². The van der Waals surface area contributed by atoms with Crippen LogP contribution in [0.2, 0.25) is 0 Å². The van der Waals surface area contributed by atoms with Crippen molar-refractivity contribution in [3.63, 3.8) is 0 Å². The third kappa shape index (κ3) is 5.28. The van der Waals surface area contributed by atoms with E-state index in [1.165, 1.54) is 25.0 Å². The Labute approximate surface area is 175 Å². The topological polar surface area (TPSA) is 70.7 Å². The van der Waals surface area contributed by atoms with Gasteiger partial charge < -0.3 is 20.3 Å². The molecule has 0 radical (unpaired) electrons. The normalized spacial score (nSPS) is 15.6. The van der Waals surface area contributed by atoms with Crippen LogP contribution in [0.4, 0.5) is 14.9 Å². The molecular formula is C23H26FN3O3. The molecule has 0 atom stereocenters. The van der Waals surface area contributed by atoms with Crippen LogP contribution in [0, 0.1) is 11.7 Å². The van der Waals surface area contributed by atoms with E-state index in [1.807, 2.05) is 18.2 Å². The lowest BCUT2D eigenvalue weighted by molar-refractivity contribution is -0.121. The van der Waals surface area contributed by atoms with Crippen LogP contribution in [0.3, 0.4) is 0 Å². The highest BCUT2D eigenvalue weighted by molar-refractivity contribution is 5.89. The summed E-state index contributed by atoms with van der Waals surface area (Å²) in [5.74, 6) is 0.997. The van der Waals surface area contributed by atoms with Crippen LogP contribution in [-0.4, -0.2) is 36.5 Å². The number of nitrogens with one attached hydrogen (secondary N) is 2. The highest BCUT2D eigenvalue weighted by Crippen LogP contribution is 2.28. The number of para-hydroxylation sites is 1. The average molecular weight is 411 g/mol. The maximum Gasteiger partial charge on any atom is 0.322 e. The number of carbonyl (C=O) groups is 2. The Morgan fingerprint density at radius 1 is 1.17 bits per heavy atom. The maximum absolute atomic E-state index is 13.9. The molecule has 2 aliphatic rings. The number of anilines is 1. The molecule has 1 heterocycles. The van der Waals surface area contributed by atoms with Gasteiger partial charge in [-0.25, -0.2) is 9.18 Å². The van der Waals surface area contributed by atoms with Crippen LogP contribution in [-0.2, 0) is 17.8 Å². The smallest absolute Gasteiger partial charge is 0.322 e. The Morgan fingerprint density at radius 3 is 2.80 bits per heavy atom. The van der Waals surface area contributed by atoms with Crippen LogP contribution >= 0.6 is 0 Å². The number of halogens is 1. The third-order valence-corrected chi connectivity index (χ3v) is 5.43. The summed E-state index contributed by atoms with van der Waals surface area (Å²) in [5.41, 5.74) is 2.06.